The Balaban J connectivity index is 2.33. The molecule has 0 spiro atoms. The molecule has 2 N–H and O–H groups in total. The molecule has 0 radical (unpaired) electrons. The number of nitrogens with zero attached hydrogens (tertiary/aromatic N) is 1. The van der Waals surface area contributed by atoms with Crippen LogP contribution in [0.2, 0.25) is 0 Å². The zero-order valence-electron chi connectivity index (χ0n) is 9.66. The zero-order valence-corrected chi connectivity index (χ0v) is 9.66. The van der Waals surface area contributed by atoms with Crippen molar-refractivity contribution in [1.82, 2.24) is 0 Å². The SMILES string of the molecule is CCc1cccc(C)c1N1CCC(N)C1. The summed E-state index contributed by atoms with van der Waals surface area (Å²) in [6.45, 7) is 6.53. The molecule has 1 saturated heterocycles. The Bertz CT molecular complexity index is 346. The number of anilines is 1. The summed E-state index contributed by atoms with van der Waals surface area (Å²) in [6, 6.07) is 6.92. The van der Waals surface area contributed by atoms with E-state index in [1.165, 1.54) is 16.8 Å². The van der Waals surface area contributed by atoms with Crippen molar-refractivity contribution in [3.63, 3.8) is 0 Å². The number of aryl methyl sites for hydroxylation is 2. The van der Waals surface area contributed by atoms with E-state index < -0.39 is 0 Å². The second kappa shape index (κ2) is 4.23. The van der Waals surface area contributed by atoms with Crippen molar-refractivity contribution in [2.45, 2.75) is 32.7 Å². The third kappa shape index (κ3) is 2.00. The van der Waals surface area contributed by atoms with Crippen LogP contribution in [0.15, 0.2) is 18.2 Å². The number of hydrogen-bond donors (Lipinski definition) is 1. The Labute approximate surface area is 92.1 Å². The Morgan fingerprint density at radius 1 is 1.47 bits per heavy atom. The smallest absolute Gasteiger partial charge is 0.0428 e. The van der Waals surface area contributed by atoms with Gasteiger partial charge in [0.2, 0.25) is 0 Å². The lowest BCUT2D eigenvalue weighted by atomic mass is 10.0. The Morgan fingerprint density at radius 2 is 2.27 bits per heavy atom. The minimum absolute atomic E-state index is 0.356. The lowest BCUT2D eigenvalue weighted by Crippen LogP contribution is -2.27. The molecule has 0 amide bonds. The molecule has 82 valence electrons. The van der Waals surface area contributed by atoms with Crippen LogP contribution in [-0.2, 0) is 6.42 Å². The first-order chi connectivity index (χ1) is 7.22. The van der Waals surface area contributed by atoms with Gasteiger partial charge in [0.1, 0.15) is 0 Å². The lowest BCUT2D eigenvalue weighted by molar-refractivity contribution is 0.752. The summed E-state index contributed by atoms with van der Waals surface area (Å²) in [7, 11) is 0. The van der Waals surface area contributed by atoms with Crippen LogP contribution in [-0.4, -0.2) is 19.1 Å². The van der Waals surface area contributed by atoms with Crippen molar-refractivity contribution in [3.8, 4) is 0 Å². The first-order valence-corrected chi connectivity index (χ1v) is 5.81. The van der Waals surface area contributed by atoms with Crippen LogP contribution in [0.5, 0.6) is 0 Å². The minimum atomic E-state index is 0.356. The van der Waals surface area contributed by atoms with E-state index in [0.717, 1.165) is 25.9 Å². The summed E-state index contributed by atoms with van der Waals surface area (Å²) in [5, 5.41) is 0. The summed E-state index contributed by atoms with van der Waals surface area (Å²) < 4.78 is 0. The van der Waals surface area contributed by atoms with Gasteiger partial charge in [-0.25, -0.2) is 0 Å². The monoisotopic (exact) mass is 204 g/mol. The molecule has 2 heteroatoms. The minimum Gasteiger partial charge on any atom is -0.369 e. The van der Waals surface area contributed by atoms with Gasteiger partial charge in [0.25, 0.3) is 0 Å². The third-order valence-electron chi connectivity index (χ3n) is 3.24. The van der Waals surface area contributed by atoms with E-state index in [9.17, 15) is 0 Å². The zero-order chi connectivity index (χ0) is 10.8. The fraction of sp³-hybridized carbons (Fsp3) is 0.538. The molecular weight excluding hydrogens is 184 g/mol. The van der Waals surface area contributed by atoms with Gasteiger partial charge < -0.3 is 10.6 Å². The normalized spacial score (nSPS) is 21.0. The average molecular weight is 204 g/mol. The highest BCUT2D eigenvalue weighted by atomic mass is 15.2. The van der Waals surface area contributed by atoms with Gasteiger partial charge in [-0.1, -0.05) is 25.1 Å². The first kappa shape index (κ1) is 10.5. The molecule has 1 aromatic carbocycles. The molecule has 1 fully saturated rings. The fourth-order valence-corrected chi connectivity index (χ4v) is 2.45. The van der Waals surface area contributed by atoms with Gasteiger partial charge in [-0.2, -0.15) is 0 Å². The van der Waals surface area contributed by atoms with E-state index in [4.69, 9.17) is 5.73 Å². The van der Waals surface area contributed by atoms with E-state index in [1.807, 2.05) is 0 Å². The van der Waals surface area contributed by atoms with Crippen LogP contribution < -0.4 is 10.6 Å². The van der Waals surface area contributed by atoms with Crippen LogP contribution in [0.3, 0.4) is 0 Å². The van der Waals surface area contributed by atoms with Crippen molar-refractivity contribution >= 4 is 5.69 Å². The Hall–Kier alpha value is -1.02. The van der Waals surface area contributed by atoms with Crippen molar-refractivity contribution in [2.24, 2.45) is 5.73 Å². The molecule has 1 aliphatic heterocycles. The second-order valence-electron chi connectivity index (χ2n) is 4.43. The number of nitrogens with two attached hydrogens (primary N) is 1. The van der Waals surface area contributed by atoms with Crippen LogP contribution in [0.25, 0.3) is 0 Å². The average Bonchev–Trinajstić information content (AvgIpc) is 2.64. The Morgan fingerprint density at radius 3 is 2.87 bits per heavy atom. The van der Waals surface area contributed by atoms with Crippen LogP contribution in [0.1, 0.15) is 24.5 Å². The maximum absolute atomic E-state index is 5.96. The molecule has 15 heavy (non-hydrogen) atoms. The van der Waals surface area contributed by atoms with Gasteiger partial charge in [-0.3, -0.25) is 0 Å². The van der Waals surface area contributed by atoms with Crippen LogP contribution in [0.4, 0.5) is 5.69 Å². The predicted octanol–water partition coefficient (Wildman–Crippen LogP) is 2.09. The standard InChI is InChI=1S/C13H20N2/c1-3-11-6-4-5-10(2)13(11)15-8-7-12(14)9-15/h4-6,12H,3,7-9,14H2,1-2H3. The van der Waals surface area contributed by atoms with Gasteiger partial charge in [0, 0.05) is 24.8 Å². The molecule has 2 rings (SSSR count). The van der Waals surface area contributed by atoms with Gasteiger partial charge in [-0.05, 0) is 30.9 Å². The van der Waals surface area contributed by atoms with Gasteiger partial charge in [0.15, 0.2) is 0 Å². The molecule has 0 aromatic heterocycles. The largest absolute Gasteiger partial charge is 0.369 e. The molecule has 0 bridgehead atoms. The number of rotatable bonds is 2. The lowest BCUT2D eigenvalue weighted by Gasteiger charge is -2.23. The van der Waals surface area contributed by atoms with Crippen molar-refractivity contribution in [1.29, 1.82) is 0 Å². The molecule has 0 aliphatic carbocycles. The molecule has 1 unspecified atom stereocenters. The van der Waals surface area contributed by atoms with E-state index in [0.29, 0.717) is 6.04 Å². The summed E-state index contributed by atoms with van der Waals surface area (Å²) in [6.07, 6.45) is 2.22. The van der Waals surface area contributed by atoms with Crippen LogP contribution in [0, 0.1) is 6.92 Å². The highest BCUT2D eigenvalue weighted by Crippen LogP contribution is 2.28. The summed E-state index contributed by atoms with van der Waals surface area (Å²) in [4.78, 5) is 2.44. The molecule has 1 atom stereocenters. The summed E-state index contributed by atoms with van der Waals surface area (Å²) in [5.41, 5.74) is 10.2. The maximum Gasteiger partial charge on any atom is 0.0428 e. The van der Waals surface area contributed by atoms with Crippen molar-refractivity contribution < 1.29 is 0 Å². The van der Waals surface area contributed by atoms with Gasteiger partial charge >= 0.3 is 0 Å². The molecule has 1 aliphatic rings. The number of hydrogen-bond acceptors (Lipinski definition) is 2. The highest BCUT2D eigenvalue weighted by Gasteiger charge is 2.21. The molecule has 1 aromatic rings. The molecule has 1 heterocycles. The van der Waals surface area contributed by atoms with E-state index in [1.54, 1.807) is 0 Å². The van der Waals surface area contributed by atoms with E-state index in [2.05, 4.69) is 36.9 Å². The molecule has 2 nitrogen and oxygen atoms in total. The van der Waals surface area contributed by atoms with E-state index in [-0.39, 0.29) is 0 Å². The predicted molar refractivity (Wildman–Crippen MR) is 65.4 cm³/mol. The van der Waals surface area contributed by atoms with Gasteiger partial charge in [0.05, 0.1) is 0 Å². The number of para-hydroxylation sites is 1. The van der Waals surface area contributed by atoms with Crippen molar-refractivity contribution in [2.75, 3.05) is 18.0 Å². The fourth-order valence-electron chi connectivity index (χ4n) is 2.45. The molecule has 0 saturated carbocycles. The van der Waals surface area contributed by atoms with Crippen molar-refractivity contribution in [3.05, 3.63) is 29.3 Å². The first-order valence-electron chi connectivity index (χ1n) is 5.81. The van der Waals surface area contributed by atoms with E-state index >= 15 is 0 Å². The quantitative estimate of drug-likeness (QED) is 0.799. The molecular formula is C13H20N2. The second-order valence-corrected chi connectivity index (χ2v) is 4.43. The maximum atomic E-state index is 5.96. The topological polar surface area (TPSA) is 29.3 Å². The summed E-state index contributed by atoms with van der Waals surface area (Å²) in [5.74, 6) is 0. The van der Waals surface area contributed by atoms with Crippen LogP contribution >= 0.6 is 0 Å². The Kier molecular flexibility index (Phi) is 2.96. The number of benzene rings is 1. The third-order valence-corrected chi connectivity index (χ3v) is 3.24. The summed E-state index contributed by atoms with van der Waals surface area (Å²) >= 11 is 0. The van der Waals surface area contributed by atoms with Gasteiger partial charge in [-0.15, -0.1) is 0 Å². The highest BCUT2D eigenvalue weighted by molar-refractivity contribution is 5.60.